The van der Waals surface area contributed by atoms with E-state index in [-0.39, 0.29) is 0 Å². The molecule has 90 valence electrons. The van der Waals surface area contributed by atoms with Crippen molar-refractivity contribution in [2.75, 3.05) is 0 Å². The summed E-state index contributed by atoms with van der Waals surface area (Å²) >= 11 is 3.53. The van der Waals surface area contributed by atoms with E-state index < -0.39 is 0 Å². The number of aryl methyl sites for hydroxylation is 3. The van der Waals surface area contributed by atoms with Gasteiger partial charge in [0.15, 0.2) is 0 Å². The predicted molar refractivity (Wildman–Crippen MR) is 74.2 cm³/mol. The van der Waals surface area contributed by atoms with E-state index in [9.17, 15) is 0 Å². The number of rotatable bonds is 3. The second kappa shape index (κ2) is 5.05. The van der Waals surface area contributed by atoms with Gasteiger partial charge in [0.05, 0.1) is 5.69 Å². The van der Waals surface area contributed by atoms with Gasteiger partial charge in [-0.1, -0.05) is 24.3 Å². The van der Waals surface area contributed by atoms with Gasteiger partial charge in [-0.3, -0.25) is 0 Å². The average Bonchev–Trinajstić information content (AvgIpc) is 2.53. The van der Waals surface area contributed by atoms with Crippen LogP contribution in [0.2, 0.25) is 0 Å². The van der Waals surface area contributed by atoms with Crippen molar-refractivity contribution in [2.24, 2.45) is 7.05 Å². The van der Waals surface area contributed by atoms with Gasteiger partial charge in [-0.2, -0.15) is 0 Å². The highest BCUT2D eigenvalue weighted by Crippen LogP contribution is 2.19. The van der Waals surface area contributed by atoms with E-state index in [1.54, 1.807) is 0 Å². The molecule has 1 aromatic carbocycles. The molecule has 0 aliphatic heterocycles. The maximum absolute atomic E-state index is 4.42. The summed E-state index contributed by atoms with van der Waals surface area (Å²) in [4.78, 5) is 4.42. The van der Waals surface area contributed by atoms with Crippen molar-refractivity contribution < 1.29 is 0 Å². The molecule has 0 bridgehead atoms. The minimum Gasteiger partial charge on any atom is -0.334 e. The molecule has 0 aliphatic carbocycles. The molecule has 2 nitrogen and oxygen atoms in total. The summed E-state index contributed by atoms with van der Waals surface area (Å²) in [5.74, 6) is 1.05. The maximum atomic E-state index is 4.42. The van der Waals surface area contributed by atoms with Crippen LogP contribution in [0.5, 0.6) is 0 Å². The molecule has 0 spiro atoms. The lowest BCUT2D eigenvalue weighted by Gasteiger charge is -2.07. The minimum atomic E-state index is 0.978. The number of imidazole rings is 1. The lowest BCUT2D eigenvalue weighted by molar-refractivity contribution is 0.769. The van der Waals surface area contributed by atoms with Gasteiger partial charge in [-0.25, -0.2) is 4.98 Å². The molecule has 2 aromatic rings. The molecule has 17 heavy (non-hydrogen) atoms. The van der Waals surface area contributed by atoms with Crippen molar-refractivity contribution >= 4 is 15.9 Å². The SMILES string of the molecule is Cc1ccccc1CCc1c(Br)nc(C)n1C. The molecule has 3 heteroatoms. The fourth-order valence-electron chi connectivity index (χ4n) is 2.03. The molecule has 2 rings (SSSR count). The van der Waals surface area contributed by atoms with Crippen LogP contribution in [0.1, 0.15) is 22.6 Å². The minimum absolute atomic E-state index is 0.978. The average molecular weight is 293 g/mol. The number of benzene rings is 1. The van der Waals surface area contributed by atoms with E-state index in [1.165, 1.54) is 16.8 Å². The Morgan fingerprint density at radius 3 is 2.47 bits per heavy atom. The van der Waals surface area contributed by atoms with Gasteiger partial charge in [0.25, 0.3) is 0 Å². The van der Waals surface area contributed by atoms with Crippen LogP contribution in [0.3, 0.4) is 0 Å². The van der Waals surface area contributed by atoms with Crippen molar-refractivity contribution in [3.05, 3.63) is 51.5 Å². The molecule has 0 saturated heterocycles. The molecular formula is C14H17BrN2. The first-order valence-electron chi connectivity index (χ1n) is 5.82. The number of halogens is 1. The number of hydrogen-bond acceptors (Lipinski definition) is 1. The molecule has 1 heterocycles. The van der Waals surface area contributed by atoms with Gasteiger partial charge in [-0.05, 0) is 53.7 Å². The van der Waals surface area contributed by atoms with Crippen LogP contribution < -0.4 is 0 Å². The first-order chi connectivity index (χ1) is 8.09. The molecular weight excluding hydrogens is 276 g/mol. The Labute approximate surface area is 111 Å². The molecule has 0 radical (unpaired) electrons. The lowest BCUT2D eigenvalue weighted by atomic mass is 10.0. The number of nitrogens with zero attached hydrogens (tertiary/aromatic N) is 2. The zero-order valence-corrected chi connectivity index (χ0v) is 12.1. The van der Waals surface area contributed by atoms with Crippen molar-refractivity contribution in [1.29, 1.82) is 0 Å². The van der Waals surface area contributed by atoms with Crippen LogP contribution in [-0.4, -0.2) is 9.55 Å². The van der Waals surface area contributed by atoms with E-state index in [1.807, 2.05) is 6.92 Å². The number of hydrogen-bond donors (Lipinski definition) is 0. The lowest BCUT2D eigenvalue weighted by Crippen LogP contribution is -2.01. The van der Waals surface area contributed by atoms with Crippen molar-refractivity contribution in [2.45, 2.75) is 26.7 Å². The molecule has 0 saturated carbocycles. The van der Waals surface area contributed by atoms with Gasteiger partial charge < -0.3 is 4.57 Å². The van der Waals surface area contributed by atoms with Gasteiger partial charge in [0, 0.05) is 7.05 Å². The summed E-state index contributed by atoms with van der Waals surface area (Å²) in [6, 6.07) is 8.56. The van der Waals surface area contributed by atoms with Crippen molar-refractivity contribution in [1.82, 2.24) is 9.55 Å². The summed E-state index contributed by atoms with van der Waals surface area (Å²) in [6.07, 6.45) is 2.08. The third kappa shape index (κ3) is 2.60. The Bertz CT molecular complexity index is 529. The van der Waals surface area contributed by atoms with E-state index in [0.29, 0.717) is 0 Å². The van der Waals surface area contributed by atoms with Gasteiger partial charge in [-0.15, -0.1) is 0 Å². The highest BCUT2D eigenvalue weighted by Gasteiger charge is 2.10. The largest absolute Gasteiger partial charge is 0.334 e. The molecule has 0 fully saturated rings. The van der Waals surface area contributed by atoms with E-state index in [4.69, 9.17) is 0 Å². The highest BCUT2D eigenvalue weighted by molar-refractivity contribution is 9.10. The molecule has 0 atom stereocenters. The third-order valence-corrected chi connectivity index (χ3v) is 3.92. The van der Waals surface area contributed by atoms with E-state index >= 15 is 0 Å². The maximum Gasteiger partial charge on any atom is 0.127 e. The molecule has 0 unspecified atom stereocenters. The first-order valence-corrected chi connectivity index (χ1v) is 6.61. The summed E-state index contributed by atoms with van der Waals surface area (Å²) in [6.45, 7) is 4.20. The third-order valence-electron chi connectivity index (χ3n) is 3.28. The van der Waals surface area contributed by atoms with Gasteiger partial charge in [0.2, 0.25) is 0 Å². The predicted octanol–water partition coefficient (Wildman–Crippen LogP) is 3.58. The Hall–Kier alpha value is -1.09. The second-order valence-electron chi connectivity index (χ2n) is 4.38. The summed E-state index contributed by atoms with van der Waals surface area (Å²) in [5.41, 5.74) is 4.05. The molecule has 0 aliphatic rings. The van der Waals surface area contributed by atoms with E-state index in [0.717, 1.165) is 23.3 Å². The fraction of sp³-hybridized carbons (Fsp3) is 0.357. The van der Waals surface area contributed by atoms with Crippen LogP contribution in [-0.2, 0) is 19.9 Å². The molecule has 0 amide bonds. The number of aromatic nitrogens is 2. The fourth-order valence-corrected chi connectivity index (χ4v) is 2.75. The van der Waals surface area contributed by atoms with Gasteiger partial charge in [0.1, 0.15) is 10.4 Å². The Morgan fingerprint density at radius 2 is 1.88 bits per heavy atom. The van der Waals surface area contributed by atoms with E-state index in [2.05, 4.69) is 63.7 Å². The zero-order valence-electron chi connectivity index (χ0n) is 10.5. The molecule has 0 N–H and O–H groups in total. The van der Waals surface area contributed by atoms with Crippen molar-refractivity contribution in [3.63, 3.8) is 0 Å². The summed E-state index contributed by atoms with van der Waals surface area (Å²) in [5, 5.41) is 0. The van der Waals surface area contributed by atoms with Crippen LogP contribution in [0, 0.1) is 13.8 Å². The standard InChI is InChI=1S/C14H17BrN2/c1-10-6-4-5-7-12(10)8-9-13-14(15)16-11(2)17(13)3/h4-7H,8-9H2,1-3H3. The van der Waals surface area contributed by atoms with Crippen LogP contribution in [0.15, 0.2) is 28.9 Å². The summed E-state index contributed by atoms with van der Waals surface area (Å²) in [7, 11) is 2.07. The van der Waals surface area contributed by atoms with Gasteiger partial charge >= 0.3 is 0 Å². The first kappa shape index (κ1) is 12.4. The summed E-state index contributed by atoms with van der Waals surface area (Å²) < 4.78 is 3.13. The second-order valence-corrected chi connectivity index (χ2v) is 5.13. The zero-order chi connectivity index (χ0) is 12.4. The smallest absolute Gasteiger partial charge is 0.127 e. The normalized spacial score (nSPS) is 10.8. The topological polar surface area (TPSA) is 17.8 Å². The molecule has 1 aromatic heterocycles. The van der Waals surface area contributed by atoms with Crippen LogP contribution in [0.4, 0.5) is 0 Å². The Morgan fingerprint density at radius 1 is 1.18 bits per heavy atom. The Balaban J connectivity index is 2.15. The Kier molecular flexibility index (Phi) is 3.67. The highest BCUT2D eigenvalue weighted by atomic mass is 79.9. The van der Waals surface area contributed by atoms with Crippen LogP contribution >= 0.6 is 15.9 Å². The van der Waals surface area contributed by atoms with Crippen molar-refractivity contribution in [3.8, 4) is 0 Å². The van der Waals surface area contributed by atoms with Crippen LogP contribution in [0.25, 0.3) is 0 Å². The monoisotopic (exact) mass is 292 g/mol. The quantitative estimate of drug-likeness (QED) is 0.845.